The second-order valence-electron chi connectivity index (χ2n) is 4.19. The number of hydrogen-bond donors (Lipinski definition) is 2. The lowest BCUT2D eigenvalue weighted by molar-refractivity contribution is -0.117. The van der Waals surface area contributed by atoms with Gasteiger partial charge in [0.15, 0.2) is 5.82 Å². The summed E-state index contributed by atoms with van der Waals surface area (Å²) in [5.74, 6) is -1.85. The van der Waals surface area contributed by atoms with Crippen LogP contribution in [0.15, 0.2) is 12.1 Å². The molecule has 5 heteroatoms. The van der Waals surface area contributed by atoms with Crippen LogP contribution in [0.25, 0.3) is 0 Å². The Kier molecular flexibility index (Phi) is 3.38. The summed E-state index contributed by atoms with van der Waals surface area (Å²) >= 11 is 0. The van der Waals surface area contributed by atoms with Crippen LogP contribution < -0.4 is 10.6 Å². The van der Waals surface area contributed by atoms with Crippen molar-refractivity contribution in [1.29, 1.82) is 0 Å². The number of anilines is 1. The van der Waals surface area contributed by atoms with Crippen LogP contribution in [-0.2, 0) is 4.79 Å². The summed E-state index contributed by atoms with van der Waals surface area (Å²) in [6.07, 6.45) is 1.59. The SMILES string of the molecule is Cc1ccc(F)c(NC(=O)[C@@H]2CCCN2)c1F. The zero-order valence-corrected chi connectivity index (χ0v) is 9.52. The minimum Gasteiger partial charge on any atom is -0.320 e. The summed E-state index contributed by atoms with van der Waals surface area (Å²) in [7, 11) is 0. The number of carbonyl (C=O) groups excluding carboxylic acids is 1. The van der Waals surface area contributed by atoms with Crippen LogP contribution >= 0.6 is 0 Å². The topological polar surface area (TPSA) is 41.1 Å². The molecule has 1 amide bonds. The van der Waals surface area contributed by atoms with Crippen LogP contribution in [-0.4, -0.2) is 18.5 Å². The van der Waals surface area contributed by atoms with E-state index in [-0.39, 0.29) is 17.6 Å². The number of halogens is 2. The van der Waals surface area contributed by atoms with Gasteiger partial charge in [0.25, 0.3) is 0 Å². The van der Waals surface area contributed by atoms with Crippen molar-refractivity contribution in [2.75, 3.05) is 11.9 Å². The van der Waals surface area contributed by atoms with Crippen LogP contribution in [0.5, 0.6) is 0 Å². The van der Waals surface area contributed by atoms with Crippen LogP contribution in [0, 0.1) is 18.6 Å². The van der Waals surface area contributed by atoms with E-state index in [0.717, 1.165) is 19.0 Å². The molecule has 1 atom stereocenters. The Labute approximate surface area is 98.2 Å². The number of nitrogens with one attached hydrogen (secondary N) is 2. The molecule has 0 saturated carbocycles. The molecule has 1 aromatic carbocycles. The van der Waals surface area contributed by atoms with Gasteiger partial charge in [-0.3, -0.25) is 4.79 Å². The molecule has 2 N–H and O–H groups in total. The van der Waals surface area contributed by atoms with E-state index in [2.05, 4.69) is 10.6 Å². The number of amides is 1. The third-order valence-corrected chi connectivity index (χ3v) is 2.91. The molecular formula is C12H14F2N2O. The van der Waals surface area contributed by atoms with Crippen LogP contribution in [0.2, 0.25) is 0 Å². The van der Waals surface area contributed by atoms with Crippen LogP contribution in [0.3, 0.4) is 0 Å². The lowest BCUT2D eigenvalue weighted by Crippen LogP contribution is -2.36. The van der Waals surface area contributed by atoms with Gasteiger partial charge in [0.1, 0.15) is 11.5 Å². The van der Waals surface area contributed by atoms with Gasteiger partial charge < -0.3 is 10.6 Å². The predicted octanol–water partition coefficient (Wildman–Crippen LogP) is 1.96. The van der Waals surface area contributed by atoms with E-state index in [9.17, 15) is 13.6 Å². The standard InChI is InChI=1S/C12H14F2N2O/c1-7-4-5-8(13)11(10(7)14)16-12(17)9-3-2-6-15-9/h4-5,9,15H,2-3,6H2,1H3,(H,16,17)/t9-/m0/s1. The zero-order valence-electron chi connectivity index (χ0n) is 9.52. The number of aryl methyl sites for hydroxylation is 1. The lowest BCUT2D eigenvalue weighted by atomic mass is 10.1. The fourth-order valence-corrected chi connectivity index (χ4v) is 1.89. The van der Waals surface area contributed by atoms with E-state index in [1.807, 2.05) is 0 Å². The van der Waals surface area contributed by atoms with Gasteiger partial charge in [0.05, 0.1) is 6.04 Å². The van der Waals surface area contributed by atoms with Crippen molar-refractivity contribution in [3.63, 3.8) is 0 Å². The number of carbonyl (C=O) groups is 1. The molecule has 0 radical (unpaired) electrons. The van der Waals surface area contributed by atoms with E-state index in [1.54, 1.807) is 0 Å². The van der Waals surface area contributed by atoms with Gasteiger partial charge in [-0.1, -0.05) is 6.07 Å². The second kappa shape index (κ2) is 4.79. The maximum atomic E-state index is 13.6. The highest BCUT2D eigenvalue weighted by Gasteiger charge is 2.24. The monoisotopic (exact) mass is 240 g/mol. The Bertz CT molecular complexity index is 442. The largest absolute Gasteiger partial charge is 0.320 e. The van der Waals surface area contributed by atoms with Gasteiger partial charge in [-0.15, -0.1) is 0 Å². The van der Waals surface area contributed by atoms with Gasteiger partial charge >= 0.3 is 0 Å². The lowest BCUT2D eigenvalue weighted by Gasteiger charge is -2.13. The van der Waals surface area contributed by atoms with E-state index in [0.29, 0.717) is 12.0 Å². The molecule has 17 heavy (non-hydrogen) atoms. The highest BCUT2D eigenvalue weighted by molar-refractivity contribution is 5.95. The summed E-state index contributed by atoms with van der Waals surface area (Å²) in [5.41, 5.74) is -0.0511. The quantitative estimate of drug-likeness (QED) is 0.829. The fourth-order valence-electron chi connectivity index (χ4n) is 1.89. The van der Waals surface area contributed by atoms with E-state index in [4.69, 9.17) is 0 Å². The summed E-state index contributed by atoms with van der Waals surface area (Å²) < 4.78 is 27.0. The molecular weight excluding hydrogens is 226 g/mol. The third-order valence-electron chi connectivity index (χ3n) is 2.91. The summed E-state index contributed by atoms with van der Waals surface area (Å²) in [6.45, 7) is 2.29. The maximum absolute atomic E-state index is 13.6. The average Bonchev–Trinajstić information content (AvgIpc) is 2.83. The molecule has 3 nitrogen and oxygen atoms in total. The van der Waals surface area contributed by atoms with Gasteiger partial charge in [-0.05, 0) is 37.9 Å². The van der Waals surface area contributed by atoms with Crippen LogP contribution in [0.1, 0.15) is 18.4 Å². The Morgan fingerprint density at radius 1 is 1.47 bits per heavy atom. The first-order valence-electron chi connectivity index (χ1n) is 5.58. The number of rotatable bonds is 2. The highest BCUT2D eigenvalue weighted by atomic mass is 19.1. The van der Waals surface area contributed by atoms with Crippen molar-refractivity contribution >= 4 is 11.6 Å². The molecule has 0 aromatic heterocycles. The smallest absolute Gasteiger partial charge is 0.241 e. The van der Waals surface area contributed by atoms with Crippen molar-refractivity contribution in [2.24, 2.45) is 0 Å². The van der Waals surface area contributed by atoms with Gasteiger partial charge in [-0.2, -0.15) is 0 Å². The van der Waals surface area contributed by atoms with Crippen molar-refractivity contribution in [1.82, 2.24) is 5.32 Å². The van der Waals surface area contributed by atoms with Crippen molar-refractivity contribution < 1.29 is 13.6 Å². The molecule has 2 rings (SSSR count). The molecule has 0 aliphatic carbocycles. The molecule has 92 valence electrons. The molecule has 0 unspecified atom stereocenters. The molecule has 1 aromatic rings. The minimum absolute atomic E-state index is 0.307. The molecule has 1 fully saturated rings. The number of benzene rings is 1. The fraction of sp³-hybridized carbons (Fsp3) is 0.417. The van der Waals surface area contributed by atoms with E-state index < -0.39 is 11.6 Å². The normalized spacial score (nSPS) is 19.4. The molecule has 0 bridgehead atoms. The summed E-state index contributed by atoms with van der Waals surface area (Å²) in [6, 6.07) is 2.14. The zero-order chi connectivity index (χ0) is 12.4. The first kappa shape index (κ1) is 12.0. The molecule has 1 saturated heterocycles. The van der Waals surface area contributed by atoms with Crippen molar-refractivity contribution in [2.45, 2.75) is 25.8 Å². The second-order valence-corrected chi connectivity index (χ2v) is 4.19. The van der Waals surface area contributed by atoms with E-state index in [1.165, 1.54) is 13.0 Å². The molecule has 0 spiro atoms. The predicted molar refractivity (Wildman–Crippen MR) is 60.7 cm³/mol. The van der Waals surface area contributed by atoms with E-state index >= 15 is 0 Å². The summed E-state index contributed by atoms with van der Waals surface area (Å²) in [4.78, 5) is 11.7. The minimum atomic E-state index is -0.751. The van der Waals surface area contributed by atoms with Gasteiger partial charge in [-0.25, -0.2) is 8.78 Å². The summed E-state index contributed by atoms with van der Waals surface area (Å²) in [5, 5.41) is 5.28. The maximum Gasteiger partial charge on any atom is 0.241 e. The average molecular weight is 240 g/mol. The van der Waals surface area contributed by atoms with Crippen molar-refractivity contribution in [3.05, 3.63) is 29.3 Å². The Hall–Kier alpha value is -1.49. The first-order chi connectivity index (χ1) is 8.09. The third kappa shape index (κ3) is 2.44. The Balaban J connectivity index is 2.17. The Morgan fingerprint density at radius 3 is 2.88 bits per heavy atom. The van der Waals surface area contributed by atoms with Gasteiger partial charge in [0.2, 0.25) is 5.91 Å². The van der Waals surface area contributed by atoms with Crippen molar-refractivity contribution in [3.8, 4) is 0 Å². The molecule has 1 aliphatic heterocycles. The molecule has 1 aliphatic rings. The van der Waals surface area contributed by atoms with Gasteiger partial charge in [0, 0.05) is 0 Å². The highest BCUT2D eigenvalue weighted by Crippen LogP contribution is 2.22. The van der Waals surface area contributed by atoms with Crippen LogP contribution in [0.4, 0.5) is 14.5 Å². The Morgan fingerprint density at radius 2 is 2.24 bits per heavy atom. The number of hydrogen-bond acceptors (Lipinski definition) is 2. The molecule has 1 heterocycles. The first-order valence-corrected chi connectivity index (χ1v) is 5.58.